The molecule has 9 heteroatoms. The van der Waals surface area contributed by atoms with Crippen molar-refractivity contribution in [1.29, 1.82) is 0 Å². The van der Waals surface area contributed by atoms with Gasteiger partial charge in [0.15, 0.2) is 0 Å². The van der Waals surface area contributed by atoms with E-state index in [4.69, 9.17) is 9.47 Å². The molecule has 0 fully saturated rings. The second-order valence-corrected chi connectivity index (χ2v) is 7.59. The molecule has 0 aliphatic rings. The Bertz CT molecular complexity index is 1060. The van der Waals surface area contributed by atoms with Gasteiger partial charge in [0.25, 0.3) is 0 Å². The van der Waals surface area contributed by atoms with Crippen LogP contribution in [0.2, 0.25) is 0 Å². The Morgan fingerprint density at radius 3 is 2.33 bits per heavy atom. The number of carbonyl (C=O) groups excluding carboxylic acids is 1. The average Bonchev–Trinajstić information content (AvgIpc) is 3.08. The molecule has 1 aromatic heterocycles. The highest BCUT2D eigenvalue weighted by molar-refractivity contribution is 5.75. The van der Waals surface area contributed by atoms with Crippen molar-refractivity contribution in [2.24, 2.45) is 0 Å². The Labute approximate surface area is 192 Å². The van der Waals surface area contributed by atoms with E-state index in [-0.39, 0.29) is 18.1 Å². The van der Waals surface area contributed by atoms with Crippen LogP contribution in [0.3, 0.4) is 0 Å². The summed E-state index contributed by atoms with van der Waals surface area (Å²) in [4.78, 5) is 22.7. The lowest BCUT2D eigenvalue weighted by Crippen LogP contribution is -2.29. The van der Waals surface area contributed by atoms with Crippen molar-refractivity contribution in [1.82, 2.24) is 15.1 Å². The van der Waals surface area contributed by atoms with Gasteiger partial charge in [0.1, 0.15) is 36.0 Å². The van der Waals surface area contributed by atoms with E-state index in [9.17, 15) is 14.9 Å². The van der Waals surface area contributed by atoms with Crippen LogP contribution in [0.25, 0.3) is 0 Å². The zero-order valence-electron chi connectivity index (χ0n) is 18.8. The van der Waals surface area contributed by atoms with Crippen molar-refractivity contribution in [3.8, 4) is 11.5 Å². The number of amides is 1. The number of hydrogen-bond donors (Lipinski definition) is 1. The van der Waals surface area contributed by atoms with E-state index in [1.807, 2.05) is 54.6 Å². The Morgan fingerprint density at radius 2 is 1.70 bits per heavy atom. The van der Waals surface area contributed by atoms with Crippen molar-refractivity contribution in [3.63, 3.8) is 0 Å². The minimum absolute atomic E-state index is 0.0456. The molecule has 0 aliphatic heterocycles. The smallest absolute Gasteiger partial charge is 0.312 e. The van der Waals surface area contributed by atoms with E-state index >= 15 is 0 Å². The van der Waals surface area contributed by atoms with Gasteiger partial charge in [0.2, 0.25) is 5.91 Å². The molecular formula is C24H28N4O5. The summed E-state index contributed by atoms with van der Waals surface area (Å²) in [5, 5.41) is 17.9. The molecule has 174 valence electrons. The first-order valence-corrected chi connectivity index (χ1v) is 10.8. The summed E-state index contributed by atoms with van der Waals surface area (Å²) < 4.78 is 12.9. The molecule has 3 rings (SSSR count). The van der Waals surface area contributed by atoms with Gasteiger partial charge < -0.3 is 14.8 Å². The van der Waals surface area contributed by atoms with E-state index in [0.717, 1.165) is 29.9 Å². The summed E-state index contributed by atoms with van der Waals surface area (Å²) in [6.07, 6.45) is 1.53. The SMILES string of the molecule is Cc1nn(CC(=O)NCCCCOc2ccc(OCc3ccccc3)cc2)c(C)c1[N+](=O)[O-]. The van der Waals surface area contributed by atoms with Crippen molar-refractivity contribution < 1.29 is 19.2 Å². The van der Waals surface area contributed by atoms with Crippen LogP contribution in [-0.4, -0.2) is 33.8 Å². The van der Waals surface area contributed by atoms with Crippen LogP contribution < -0.4 is 14.8 Å². The molecule has 9 nitrogen and oxygen atoms in total. The minimum Gasteiger partial charge on any atom is -0.494 e. The molecule has 0 saturated carbocycles. The Kier molecular flexibility index (Phi) is 8.40. The zero-order chi connectivity index (χ0) is 23.6. The van der Waals surface area contributed by atoms with Gasteiger partial charge in [0.05, 0.1) is 11.5 Å². The molecule has 0 aliphatic carbocycles. The monoisotopic (exact) mass is 452 g/mol. The zero-order valence-corrected chi connectivity index (χ0v) is 18.8. The number of nitrogens with one attached hydrogen (secondary N) is 1. The number of hydrogen-bond acceptors (Lipinski definition) is 6. The maximum atomic E-state index is 12.1. The Balaban J connectivity index is 1.30. The van der Waals surface area contributed by atoms with Gasteiger partial charge in [-0.3, -0.25) is 19.6 Å². The van der Waals surface area contributed by atoms with Gasteiger partial charge >= 0.3 is 5.69 Å². The summed E-state index contributed by atoms with van der Waals surface area (Å²) >= 11 is 0. The number of nitrogens with zero attached hydrogens (tertiary/aromatic N) is 3. The number of benzene rings is 2. The first-order valence-electron chi connectivity index (χ1n) is 10.8. The summed E-state index contributed by atoms with van der Waals surface area (Å²) in [6.45, 7) is 4.65. The predicted octanol–water partition coefficient (Wildman–Crippen LogP) is 3.96. The molecule has 3 aromatic rings. The summed E-state index contributed by atoms with van der Waals surface area (Å²) in [7, 11) is 0. The van der Waals surface area contributed by atoms with Gasteiger partial charge in [-0.05, 0) is 56.5 Å². The topological polar surface area (TPSA) is 109 Å². The van der Waals surface area contributed by atoms with Crippen molar-refractivity contribution >= 4 is 11.6 Å². The lowest BCUT2D eigenvalue weighted by atomic mass is 10.2. The first kappa shape index (κ1) is 23.8. The van der Waals surface area contributed by atoms with Crippen LogP contribution in [0.1, 0.15) is 29.8 Å². The highest BCUT2D eigenvalue weighted by atomic mass is 16.6. The highest BCUT2D eigenvalue weighted by Gasteiger charge is 2.22. The fourth-order valence-corrected chi connectivity index (χ4v) is 3.32. The highest BCUT2D eigenvalue weighted by Crippen LogP contribution is 2.21. The quantitative estimate of drug-likeness (QED) is 0.253. The van der Waals surface area contributed by atoms with Gasteiger partial charge in [-0.1, -0.05) is 30.3 Å². The lowest BCUT2D eigenvalue weighted by Gasteiger charge is -2.09. The molecule has 0 radical (unpaired) electrons. The van der Waals surface area contributed by atoms with Crippen molar-refractivity contribution in [2.45, 2.75) is 39.8 Å². The van der Waals surface area contributed by atoms with E-state index in [0.29, 0.717) is 31.1 Å². The Morgan fingerprint density at radius 1 is 1.03 bits per heavy atom. The minimum atomic E-state index is -0.475. The molecule has 0 bridgehead atoms. The average molecular weight is 453 g/mol. The summed E-state index contributed by atoms with van der Waals surface area (Å²) in [6, 6.07) is 17.5. The second-order valence-electron chi connectivity index (χ2n) is 7.59. The fraction of sp³-hybridized carbons (Fsp3) is 0.333. The largest absolute Gasteiger partial charge is 0.494 e. The lowest BCUT2D eigenvalue weighted by molar-refractivity contribution is -0.386. The number of rotatable bonds is 12. The van der Waals surface area contributed by atoms with Gasteiger partial charge in [-0.25, -0.2) is 0 Å². The number of carbonyl (C=O) groups is 1. The van der Waals surface area contributed by atoms with E-state index < -0.39 is 4.92 Å². The van der Waals surface area contributed by atoms with E-state index in [2.05, 4.69) is 10.4 Å². The molecule has 1 heterocycles. The Hall–Kier alpha value is -3.88. The third-order valence-corrected chi connectivity index (χ3v) is 5.05. The summed E-state index contributed by atoms with van der Waals surface area (Å²) in [5.41, 5.74) is 1.74. The molecule has 0 atom stereocenters. The molecule has 2 aromatic carbocycles. The molecule has 1 amide bonds. The maximum absolute atomic E-state index is 12.1. The van der Waals surface area contributed by atoms with Crippen LogP contribution in [0.4, 0.5) is 5.69 Å². The third-order valence-electron chi connectivity index (χ3n) is 5.05. The van der Waals surface area contributed by atoms with Crippen LogP contribution in [0.15, 0.2) is 54.6 Å². The summed E-state index contributed by atoms with van der Waals surface area (Å²) in [5.74, 6) is 1.31. The number of aryl methyl sites for hydroxylation is 1. The number of unbranched alkanes of at least 4 members (excludes halogenated alkanes) is 1. The van der Waals surface area contributed by atoms with Crippen LogP contribution in [0, 0.1) is 24.0 Å². The van der Waals surface area contributed by atoms with Gasteiger partial charge in [0, 0.05) is 6.54 Å². The van der Waals surface area contributed by atoms with Gasteiger partial charge in [-0.2, -0.15) is 5.10 Å². The van der Waals surface area contributed by atoms with Crippen molar-refractivity contribution in [3.05, 3.63) is 81.7 Å². The third kappa shape index (κ3) is 7.06. The van der Waals surface area contributed by atoms with E-state index in [1.165, 1.54) is 4.68 Å². The van der Waals surface area contributed by atoms with Gasteiger partial charge in [-0.15, -0.1) is 0 Å². The molecule has 0 spiro atoms. The molecule has 0 unspecified atom stereocenters. The number of nitro groups is 1. The standard InChI is InChI=1S/C24H28N4O5/c1-18-24(28(30)31)19(2)27(26-18)16-23(29)25-14-6-7-15-32-21-10-12-22(13-11-21)33-17-20-8-4-3-5-9-20/h3-5,8-13H,6-7,14-17H2,1-2H3,(H,25,29). The normalized spacial score (nSPS) is 10.6. The number of aromatic nitrogens is 2. The molecule has 0 saturated heterocycles. The molecule has 1 N–H and O–H groups in total. The predicted molar refractivity (Wildman–Crippen MR) is 123 cm³/mol. The number of ether oxygens (including phenoxy) is 2. The fourth-order valence-electron chi connectivity index (χ4n) is 3.32. The van der Waals surface area contributed by atoms with Crippen LogP contribution in [0.5, 0.6) is 11.5 Å². The van der Waals surface area contributed by atoms with Crippen molar-refractivity contribution in [2.75, 3.05) is 13.2 Å². The molecule has 33 heavy (non-hydrogen) atoms. The van der Waals surface area contributed by atoms with E-state index in [1.54, 1.807) is 13.8 Å². The van der Waals surface area contributed by atoms with Crippen LogP contribution in [-0.2, 0) is 17.9 Å². The second kappa shape index (κ2) is 11.7. The maximum Gasteiger partial charge on any atom is 0.312 e. The van der Waals surface area contributed by atoms with Crippen LogP contribution >= 0.6 is 0 Å². The molecular weight excluding hydrogens is 424 g/mol. The first-order chi connectivity index (χ1) is 15.9.